The quantitative estimate of drug-likeness (QED) is 0.442. The summed E-state index contributed by atoms with van der Waals surface area (Å²) >= 11 is 0. The molecule has 2 aromatic carbocycles. The molecule has 2 aliphatic rings. The van der Waals surface area contributed by atoms with Gasteiger partial charge in [-0.05, 0) is 35.1 Å². The summed E-state index contributed by atoms with van der Waals surface area (Å²) < 4.78 is 17.2. The maximum Gasteiger partial charge on any atom is 0.222 e. The van der Waals surface area contributed by atoms with Gasteiger partial charge >= 0.3 is 0 Å². The van der Waals surface area contributed by atoms with E-state index in [0.717, 1.165) is 47.1 Å². The number of phenols is 1. The molecule has 2 aliphatic heterocycles. The first-order valence-electron chi connectivity index (χ1n) is 12.8. The molecule has 0 unspecified atom stereocenters. The molecule has 5 N–H and O–H groups in total. The minimum Gasteiger partial charge on any atom is -0.508 e. The lowest BCUT2D eigenvalue weighted by atomic mass is 10.00. The SMILES string of the molecule is CC(C)c1cc2c(cc1O)OCCN2C.CC(C)c1cc2c(cc1Oc1cnc(N)nc1N)OCCN2C. The highest BCUT2D eigenvalue weighted by Gasteiger charge is 2.22. The van der Waals surface area contributed by atoms with Gasteiger partial charge in [-0.25, -0.2) is 4.98 Å². The van der Waals surface area contributed by atoms with Crippen LogP contribution < -0.4 is 35.5 Å². The number of ether oxygens (including phenoxy) is 3. The Morgan fingerprint density at radius 3 is 1.95 bits per heavy atom. The fourth-order valence-electron chi connectivity index (χ4n) is 4.39. The van der Waals surface area contributed by atoms with Gasteiger partial charge in [0.05, 0.1) is 30.7 Å². The van der Waals surface area contributed by atoms with Crippen molar-refractivity contribution in [2.75, 3.05) is 61.7 Å². The predicted molar refractivity (Wildman–Crippen MR) is 151 cm³/mol. The maximum absolute atomic E-state index is 9.82. The second-order valence-electron chi connectivity index (χ2n) is 10.2. The van der Waals surface area contributed by atoms with Crippen LogP contribution in [-0.2, 0) is 0 Å². The largest absolute Gasteiger partial charge is 0.508 e. The molecule has 10 heteroatoms. The molecule has 0 aliphatic carbocycles. The normalized spacial score (nSPS) is 14.2. The molecule has 38 heavy (non-hydrogen) atoms. The number of fused-ring (bicyclic) bond motifs is 2. The lowest BCUT2D eigenvalue weighted by molar-refractivity contribution is 0.309. The van der Waals surface area contributed by atoms with Gasteiger partial charge in [0.2, 0.25) is 5.95 Å². The van der Waals surface area contributed by atoms with Crippen molar-refractivity contribution < 1.29 is 19.3 Å². The monoisotopic (exact) mass is 522 g/mol. The molecule has 0 spiro atoms. The average Bonchev–Trinajstić information content (AvgIpc) is 2.85. The number of anilines is 4. The van der Waals surface area contributed by atoms with Crippen LogP contribution in [0.2, 0.25) is 0 Å². The second-order valence-corrected chi connectivity index (χ2v) is 10.2. The van der Waals surface area contributed by atoms with Crippen LogP contribution in [0.5, 0.6) is 28.7 Å². The van der Waals surface area contributed by atoms with Gasteiger partial charge in [0.25, 0.3) is 0 Å². The first-order valence-corrected chi connectivity index (χ1v) is 12.8. The molecule has 0 fully saturated rings. The van der Waals surface area contributed by atoms with Crippen molar-refractivity contribution in [3.05, 3.63) is 41.6 Å². The van der Waals surface area contributed by atoms with E-state index in [4.69, 9.17) is 25.7 Å². The number of aromatic hydroxyl groups is 1. The number of nitrogens with two attached hydrogens (primary N) is 2. The smallest absolute Gasteiger partial charge is 0.222 e. The molecule has 10 nitrogen and oxygen atoms in total. The first kappa shape index (κ1) is 27.0. The summed E-state index contributed by atoms with van der Waals surface area (Å²) in [6.45, 7) is 11.5. The number of benzene rings is 2. The van der Waals surface area contributed by atoms with E-state index < -0.39 is 0 Å². The number of phenolic OH excluding ortho intramolecular Hbond substituents is 1. The van der Waals surface area contributed by atoms with E-state index in [1.165, 1.54) is 6.20 Å². The van der Waals surface area contributed by atoms with E-state index in [9.17, 15) is 5.11 Å². The van der Waals surface area contributed by atoms with E-state index >= 15 is 0 Å². The molecule has 3 heterocycles. The lowest BCUT2D eigenvalue weighted by Crippen LogP contribution is -2.29. The molecule has 5 rings (SSSR count). The summed E-state index contributed by atoms with van der Waals surface area (Å²) in [7, 11) is 4.10. The molecular formula is C28H38N6O4. The lowest BCUT2D eigenvalue weighted by Gasteiger charge is -2.29. The van der Waals surface area contributed by atoms with Gasteiger partial charge in [-0.1, -0.05) is 27.7 Å². The third-order valence-electron chi connectivity index (χ3n) is 6.66. The van der Waals surface area contributed by atoms with Crippen molar-refractivity contribution in [1.29, 1.82) is 0 Å². The van der Waals surface area contributed by atoms with E-state index in [1.54, 1.807) is 6.07 Å². The Morgan fingerprint density at radius 1 is 0.842 bits per heavy atom. The molecule has 0 radical (unpaired) electrons. The average molecular weight is 523 g/mol. The van der Waals surface area contributed by atoms with Crippen LogP contribution in [0.25, 0.3) is 0 Å². The third-order valence-corrected chi connectivity index (χ3v) is 6.66. The molecule has 0 saturated carbocycles. The van der Waals surface area contributed by atoms with E-state index in [-0.39, 0.29) is 17.7 Å². The van der Waals surface area contributed by atoms with Gasteiger partial charge in [0.1, 0.15) is 36.2 Å². The van der Waals surface area contributed by atoms with Gasteiger partial charge in [-0.2, -0.15) is 4.98 Å². The zero-order valence-electron chi connectivity index (χ0n) is 23.0. The molecule has 0 atom stereocenters. The topological polar surface area (TPSA) is 132 Å². The van der Waals surface area contributed by atoms with Crippen molar-refractivity contribution in [3.63, 3.8) is 0 Å². The number of aromatic nitrogens is 2. The summed E-state index contributed by atoms with van der Waals surface area (Å²) in [6, 6.07) is 7.74. The van der Waals surface area contributed by atoms with Crippen molar-refractivity contribution >= 4 is 23.1 Å². The number of hydrogen-bond donors (Lipinski definition) is 3. The van der Waals surface area contributed by atoms with Gasteiger partial charge in [-0.15, -0.1) is 0 Å². The third kappa shape index (κ3) is 5.74. The zero-order chi connectivity index (χ0) is 27.6. The number of likely N-dealkylation sites (N-methyl/N-ethyl adjacent to an activating group) is 2. The Kier molecular flexibility index (Phi) is 7.89. The molecule has 0 bridgehead atoms. The molecule has 0 saturated heterocycles. The summed E-state index contributed by atoms with van der Waals surface area (Å²) in [5.74, 6) is 3.92. The highest BCUT2D eigenvalue weighted by Crippen LogP contribution is 2.42. The van der Waals surface area contributed by atoms with E-state index in [2.05, 4.69) is 60.6 Å². The molecule has 1 aromatic heterocycles. The molecule has 204 valence electrons. The summed E-state index contributed by atoms with van der Waals surface area (Å²) in [6.07, 6.45) is 1.48. The summed E-state index contributed by atoms with van der Waals surface area (Å²) in [5.41, 5.74) is 15.6. The van der Waals surface area contributed by atoms with Crippen molar-refractivity contribution in [2.45, 2.75) is 39.5 Å². The molecular weight excluding hydrogens is 484 g/mol. The van der Waals surface area contributed by atoms with Crippen molar-refractivity contribution in [1.82, 2.24) is 9.97 Å². The van der Waals surface area contributed by atoms with Gasteiger partial charge in [0, 0.05) is 26.2 Å². The van der Waals surface area contributed by atoms with Crippen molar-refractivity contribution in [2.24, 2.45) is 0 Å². The Balaban J connectivity index is 0.000000194. The Morgan fingerprint density at radius 2 is 1.39 bits per heavy atom. The Labute approximate surface area is 224 Å². The van der Waals surface area contributed by atoms with E-state index in [1.807, 2.05) is 19.2 Å². The number of hydrogen-bond acceptors (Lipinski definition) is 10. The maximum atomic E-state index is 9.82. The van der Waals surface area contributed by atoms with Crippen LogP contribution in [0, 0.1) is 0 Å². The van der Waals surface area contributed by atoms with Gasteiger partial charge in [0.15, 0.2) is 11.6 Å². The minimum atomic E-state index is 0.120. The predicted octanol–water partition coefficient (Wildman–Crippen LogP) is 4.73. The Bertz CT molecular complexity index is 1300. The van der Waals surface area contributed by atoms with Crippen LogP contribution in [-0.4, -0.2) is 55.5 Å². The number of nitrogens with zero attached hydrogens (tertiary/aromatic N) is 4. The van der Waals surface area contributed by atoms with Crippen LogP contribution in [0.1, 0.15) is 50.7 Å². The van der Waals surface area contributed by atoms with Crippen LogP contribution >= 0.6 is 0 Å². The van der Waals surface area contributed by atoms with Crippen molar-refractivity contribution in [3.8, 4) is 28.7 Å². The Hall–Kier alpha value is -4.08. The standard InChI is InChI=1S/C16H21N5O2.C12H17NO2/c1-9(2)10-6-11-13(22-5-4-21(11)3)7-12(10)23-14-8-19-16(18)20-15(14)17;1-8(2)9-6-10-12(7-11(9)14)15-5-4-13(10)3/h6-9H,4-5H2,1-3H3,(H4,17,18,19,20);6-8,14H,4-5H2,1-3H3. The molecule has 0 amide bonds. The number of rotatable bonds is 4. The van der Waals surface area contributed by atoms with Crippen LogP contribution in [0.4, 0.5) is 23.1 Å². The van der Waals surface area contributed by atoms with E-state index in [0.29, 0.717) is 36.4 Å². The second kappa shape index (κ2) is 11.1. The van der Waals surface area contributed by atoms with Gasteiger partial charge in [-0.3, -0.25) is 0 Å². The number of nitrogen functional groups attached to an aromatic ring is 2. The summed E-state index contributed by atoms with van der Waals surface area (Å²) in [5, 5.41) is 9.82. The highest BCUT2D eigenvalue weighted by atomic mass is 16.5. The van der Waals surface area contributed by atoms with Crippen LogP contribution in [0.3, 0.4) is 0 Å². The van der Waals surface area contributed by atoms with Gasteiger partial charge < -0.3 is 40.6 Å². The minimum absolute atomic E-state index is 0.120. The molecule has 3 aromatic rings. The highest BCUT2D eigenvalue weighted by molar-refractivity contribution is 5.66. The first-order chi connectivity index (χ1) is 18.0. The van der Waals surface area contributed by atoms with Crippen LogP contribution in [0.15, 0.2) is 30.5 Å². The fourth-order valence-corrected chi connectivity index (χ4v) is 4.39. The summed E-state index contributed by atoms with van der Waals surface area (Å²) in [4.78, 5) is 12.2. The zero-order valence-corrected chi connectivity index (χ0v) is 23.0. The fraction of sp³-hybridized carbons (Fsp3) is 0.429.